The van der Waals surface area contributed by atoms with Gasteiger partial charge >= 0.3 is 0 Å². The van der Waals surface area contributed by atoms with Crippen LogP contribution in [0.4, 0.5) is 0 Å². The number of hydrogen-bond donors (Lipinski definition) is 0. The Morgan fingerprint density at radius 3 is 2.90 bits per heavy atom. The first kappa shape index (κ1) is 19.5. The summed E-state index contributed by atoms with van der Waals surface area (Å²) in [6.07, 6.45) is 5.79. The molecule has 0 radical (unpaired) electrons. The van der Waals surface area contributed by atoms with E-state index < -0.39 is 0 Å². The molecule has 5 aromatic rings. The van der Waals surface area contributed by atoms with E-state index >= 15 is 0 Å². The molecule has 158 valence electrons. The molecule has 4 aromatic heterocycles. The third-order valence-electron chi connectivity index (χ3n) is 4.87. The van der Waals surface area contributed by atoms with Crippen molar-refractivity contribution < 1.29 is 14.2 Å². The molecule has 1 aromatic carbocycles. The van der Waals surface area contributed by atoms with Crippen LogP contribution in [-0.2, 0) is 17.9 Å². The molecule has 0 spiro atoms. The van der Waals surface area contributed by atoms with Gasteiger partial charge in [-0.15, -0.1) is 10.2 Å². The third kappa shape index (κ3) is 3.82. The van der Waals surface area contributed by atoms with Crippen LogP contribution in [0.5, 0.6) is 11.5 Å². The molecule has 0 amide bonds. The zero-order chi connectivity index (χ0) is 21.2. The second-order valence-electron chi connectivity index (χ2n) is 6.83. The molecule has 31 heavy (non-hydrogen) atoms. The molecule has 4 heterocycles. The normalized spacial score (nSPS) is 11.4. The first-order valence-corrected chi connectivity index (χ1v) is 10.5. The largest absolute Gasteiger partial charge is 0.497 e. The van der Waals surface area contributed by atoms with Gasteiger partial charge in [-0.25, -0.2) is 0 Å². The fourth-order valence-electron chi connectivity index (χ4n) is 3.26. The second kappa shape index (κ2) is 8.32. The van der Waals surface area contributed by atoms with Gasteiger partial charge in [0.15, 0.2) is 5.82 Å². The lowest BCUT2D eigenvalue weighted by Crippen LogP contribution is -2.03. The summed E-state index contributed by atoms with van der Waals surface area (Å²) in [7, 11) is 3.33. The number of hydrogen-bond acceptors (Lipinski definition) is 8. The molecule has 0 atom stereocenters. The lowest BCUT2D eigenvalue weighted by molar-refractivity contribution is 0.187. The predicted molar refractivity (Wildman–Crippen MR) is 117 cm³/mol. The van der Waals surface area contributed by atoms with Crippen molar-refractivity contribution in [3.63, 3.8) is 0 Å². The van der Waals surface area contributed by atoms with Crippen molar-refractivity contribution >= 4 is 27.2 Å². The van der Waals surface area contributed by atoms with Gasteiger partial charge in [-0.3, -0.25) is 4.98 Å². The molecule has 0 saturated heterocycles. The Hall–Kier alpha value is -3.50. The van der Waals surface area contributed by atoms with Crippen molar-refractivity contribution in [1.29, 1.82) is 0 Å². The number of pyridine rings is 1. The molecule has 5 rings (SSSR count). The molecule has 10 heteroatoms. The maximum absolute atomic E-state index is 6.05. The number of fused-ring (bicyclic) bond motifs is 2. The van der Waals surface area contributed by atoms with Gasteiger partial charge in [-0.2, -0.15) is 9.61 Å². The van der Waals surface area contributed by atoms with Crippen LogP contribution < -0.4 is 9.47 Å². The van der Waals surface area contributed by atoms with Gasteiger partial charge in [0.05, 0.1) is 19.2 Å². The monoisotopic (exact) mass is 436 g/mol. The first-order chi connectivity index (χ1) is 15.2. The van der Waals surface area contributed by atoms with Gasteiger partial charge in [-0.1, -0.05) is 11.3 Å². The van der Waals surface area contributed by atoms with Crippen LogP contribution in [0.3, 0.4) is 0 Å². The van der Waals surface area contributed by atoms with Crippen molar-refractivity contribution in [3.05, 3.63) is 54.7 Å². The Labute approximate surface area is 181 Å². The summed E-state index contributed by atoms with van der Waals surface area (Å²) in [6.45, 7) is 1.70. The average molecular weight is 436 g/mol. The zero-order valence-corrected chi connectivity index (χ0v) is 17.9. The fraction of sp³-hybridized carbons (Fsp3) is 0.238. The number of rotatable bonds is 8. The van der Waals surface area contributed by atoms with Crippen LogP contribution in [0.1, 0.15) is 5.82 Å². The Kier molecular flexibility index (Phi) is 5.23. The number of methoxy groups -OCH3 is 2. The lowest BCUT2D eigenvalue weighted by Gasteiger charge is -2.08. The molecule has 0 N–H and O–H groups in total. The Bertz CT molecular complexity index is 1340. The van der Waals surface area contributed by atoms with E-state index in [1.54, 1.807) is 24.9 Å². The maximum atomic E-state index is 6.05. The van der Waals surface area contributed by atoms with Gasteiger partial charge in [0.2, 0.25) is 4.96 Å². The number of nitrogens with zero attached hydrogens (tertiary/aromatic N) is 6. The molecule has 9 nitrogen and oxygen atoms in total. The summed E-state index contributed by atoms with van der Waals surface area (Å²) in [6, 6.07) is 9.57. The van der Waals surface area contributed by atoms with E-state index in [0.717, 1.165) is 44.5 Å². The molecule has 0 saturated carbocycles. The minimum absolute atomic E-state index is 0.240. The van der Waals surface area contributed by atoms with E-state index in [4.69, 9.17) is 19.3 Å². The highest BCUT2D eigenvalue weighted by atomic mass is 32.1. The Morgan fingerprint density at radius 2 is 2.03 bits per heavy atom. The standard InChI is InChI=1S/C21H20N6O3S/c1-28-10-9-26-8-6-14(12-26)20-25-27-19(23-24-21(27)31-20)13-30-18-5-7-22-17-11-15(29-2)3-4-16(17)18/h3-8,11-12H,9-10,13H2,1-2H3. The van der Waals surface area contributed by atoms with E-state index in [9.17, 15) is 0 Å². The van der Waals surface area contributed by atoms with Crippen molar-refractivity contribution in [1.82, 2.24) is 29.4 Å². The Morgan fingerprint density at radius 1 is 1.10 bits per heavy atom. The van der Waals surface area contributed by atoms with Gasteiger partial charge in [0.1, 0.15) is 23.1 Å². The lowest BCUT2D eigenvalue weighted by atomic mass is 10.2. The highest BCUT2D eigenvalue weighted by Gasteiger charge is 2.15. The van der Waals surface area contributed by atoms with E-state index in [0.29, 0.717) is 12.4 Å². The van der Waals surface area contributed by atoms with Crippen LogP contribution in [0, 0.1) is 0 Å². The molecular weight excluding hydrogens is 416 g/mol. The first-order valence-electron chi connectivity index (χ1n) is 9.67. The van der Waals surface area contributed by atoms with Crippen molar-refractivity contribution in [3.8, 4) is 22.1 Å². The van der Waals surface area contributed by atoms with Gasteiger partial charge in [-0.05, 0) is 24.3 Å². The quantitative estimate of drug-likeness (QED) is 0.368. The molecule has 0 fully saturated rings. The molecular formula is C21H20N6O3S. The second-order valence-corrected chi connectivity index (χ2v) is 7.79. The summed E-state index contributed by atoms with van der Waals surface area (Å²) >= 11 is 1.49. The van der Waals surface area contributed by atoms with E-state index in [2.05, 4.69) is 25.9 Å². The molecule has 0 bridgehead atoms. The van der Waals surface area contributed by atoms with Crippen LogP contribution in [0.25, 0.3) is 26.4 Å². The summed E-state index contributed by atoms with van der Waals surface area (Å²) in [5, 5.41) is 15.0. The number of benzene rings is 1. The summed E-state index contributed by atoms with van der Waals surface area (Å²) in [4.78, 5) is 5.11. The van der Waals surface area contributed by atoms with Crippen molar-refractivity contribution in [2.75, 3.05) is 20.8 Å². The average Bonchev–Trinajstić information content (AvgIpc) is 3.52. The molecule has 0 unspecified atom stereocenters. The summed E-state index contributed by atoms with van der Waals surface area (Å²) in [5.41, 5.74) is 1.84. The van der Waals surface area contributed by atoms with Crippen molar-refractivity contribution in [2.45, 2.75) is 13.2 Å². The van der Waals surface area contributed by atoms with Crippen LogP contribution >= 0.6 is 11.3 Å². The molecule has 0 aliphatic rings. The van der Waals surface area contributed by atoms with E-state index in [-0.39, 0.29) is 6.61 Å². The van der Waals surface area contributed by atoms with Crippen LogP contribution in [0.2, 0.25) is 0 Å². The van der Waals surface area contributed by atoms with Gasteiger partial charge < -0.3 is 18.8 Å². The molecule has 0 aliphatic heterocycles. The van der Waals surface area contributed by atoms with E-state index in [1.165, 1.54) is 11.3 Å². The van der Waals surface area contributed by atoms with Crippen molar-refractivity contribution in [2.24, 2.45) is 0 Å². The van der Waals surface area contributed by atoms with Gasteiger partial charge in [0, 0.05) is 49.3 Å². The molecule has 0 aliphatic carbocycles. The minimum Gasteiger partial charge on any atom is -0.497 e. The number of aromatic nitrogens is 6. The minimum atomic E-state index is 0.240. The maximum Gasteiger partial charge on any atom is 0.235 e. The van der Waals surface area contributed by atoms with Crippen LogP contribution in [0.15, 0.2) is 48.9 Å². The SMILES string of the molecule is COCCn1ccc(-c2nn3c(COc4ccnc5cc(OC)ccc45)nnc3s2)c1. The summed E-state index contributed by atoms with van der Waals surface area (Å²) in [5.74, 6) is 2.10. The highest BCUT2D eigenvalue weighted by Crippen LogP contribution is 2.29. The highest BCUT2D eigenvalue weighted by molar-refractivity contribution is 7.19. The topological polar surface area (TPSA) is 88.6 Å². The third-order valence-corrected chi connectivity index (χ3v) is 5.82. The fourth-order valence-corrected chi connectivity index (χ4v) is 4.11. The van der Waals surface area contributed by atoms with E-state index in [1.807, 2.05) is 36.5 Å². The smallest absolute Gasteiger partial charge is 0.235 e. The van der Waals surface area contributed by atoms with Crippen LogP contribution in [-0.4, -0.2) is 50.2 Å². The summed E-state index contributed by atoms with van der Waals surface area (Å²) < 4.78 is 20.3. The Balaban J connectivity index is 1.37. The van der Waals surface area contributed by atoms with Gasteiger partial charge in [0.25, 0.3) is 0 Å². The number of ether oxygens (including phenoxy) is 3. The zero-order valence-electron chi connectivity index (χ0n) is 17.1. The predicted octanol–water partition coefficient (Wildman–Crippen LogP) is 3.44.